The average molecular weight is 355 g/mol. The van der Waals surface area contributed by atoms with Gasteiger partial charge in [-0.2, -0.15) is 0 Å². The van der Waals surface area contributed by atoms with Crippen molar-refractivity contribution in [2.45, 2.75) is 6.92 Å². The van der Waals surface area contributed by atoms with Crippen molar-refractivity contribution in [2.75, 3.05) is 10.6 Å². The molecule has 0 saturated heterocycles. The van der Waals surface area contributed by atoms with Gasteiger partial charge in [-0.1, -0.05) is 29.8 Å². The highest BCUT2D eigenvalue weighted by atomic mass is 35.5. The lowest BCUT2D eigenvalue weighted by atomic mass is 10.1. The Morgan fingerprint density at radius 2 is 1.64 bits per heavy atom. The highest BCUT2D eigenvalue weighted by molar-refractivity contribution is 6.31. The van der Waals surface area contributed by atoms with Crippen LogP contribution in [-0.2, 0) is 0 Å². The van der Waals surface area contributed by atoms with Crippen LogP contribution < -0.4 is 10.6 Å². The van der Waals surface area contributed by atoms with E-state index >= 15 is 0 Å². The summed E-state index contributed by atoms with van der Waals surface area (Å²) in [4.78, 5) is 12.6. The van der Waals surface area contributed by atoms with Crippen LogP contribution in [0.3, 0.4) is 0 Å². The number of para-hydroxylation sites is 1. The molecule has 3 rings (SSSR count). The van der Waals surface area contributed by atoms with E-state index in [0.717, 1.165) is 5.56 Å². The number of hydrogen-bond acceptors (Lipinski definition) is 2. The van der Waals surface area contributed by atoms with E-state index in [1.165, 1.54) is 12.1 Å². The summed E-state index contributed by atoms with van der Waals surface area (Å²) in [6.45, 7) is 1.90. The maximum absolute atomic E-state index is 13.0. The van der Waals surface area contributed by atoms with Crippen molar-refractivity contribution in [1.29, 1.82) is 0 Å². The first kappa shape index (κ1) is 17.0. The van der Waals surface area contributed by atoms with E-state index in [0.29, 0.717) is 27.6 Å². The number of nitrogens with one attached hydrogen (secondary N) is 2. The normalized spacial score (nSPS) is 10.4. The minimum absolute atomic E-state index is 0.259. The summed E-state index contributed by atoms with van der Waals surface area (Å²) in [5, 5.41) is 6.56. The van der Waals surface area contributed by atoms with Crippen LogP contribution in [-0.4, -0.2) is 5.91 Å². The number of amides is 1. The van der Waals surface area contributed by atoms with Crippen molar-refractivity contribution in [1.82, 2.24) is 0 Å². The second-order valence-electron chi connectivity index (χ2n) is 5.60. The Morgan fingerprint density at radius 1 is 0.960 bits per heavy atom. The molecule has 0 aliphatic carbocycles. The van der Waals surface area contributed by atoms with Gasteiger partial charge in [0, 0.05) is 16.4 Å². The third-order valence-corrected chi connectivity index (χ3v) is 4.13. The van der Waals surface area contributed by atoms with Crippen molar-refractivity contribution in [3.8, 4) is 0 Å². The predicted octanol–water partition coefficient (Wildman–Crippen LogP) is 5.78. The van der Waals surface area contributed by atoms with E-state index in [-0.39, 0.29) is 11.7 Å². The molecule has 0 radical (unpaired) electrons. The molecule has 0 bridgehead atoms. The summed E-state index contributed by atoms with van der Waals surface area (Å²) in [5.74, 6) is -0.571. The Morgan fingerprint density at radius 3 is 2.36 bits per heavy atom. The van der Waals surface area contributed by atoms with Crippen LogP contribution in [0.25, 0.3) is 0 Å². The average Bonchev–Trinajstić information content (AvgIpc) is 2.60. The van der Waals surface area contributed by atoms with Gasteiger partial charge < -0.3 is 10.6 Å². The van der Waals surface area contributed by atoms with E-state index < -0.39 is 0 Å². The maximum Gasteiger partial charge on any atom is 0.257 e. The van der Waals surface area contributed by atoms with Crippen LogP contribution >= 0.6 is 11.6 Å². The van der Waals surface area contributed by atoms with Crippen molar-refractivity contribution in [3.05, 3.63) is 88.7 Å². The van der Waals surface area contributed by atoms with Crippen LogP contribution in [0.1, 0.15) is 15.9 Å². The fraction of sp³-hybridized carbons (Fsp3) is 0.0500. The van der Waals surface area contributed by atoms with Gasteiger partial charge in [-0.15, -0.1) is 0 Å². The van der Waals surface area contributed by atoms with E-state index in [1.54, 1.807) is 42.5 Å². The predicted molar refractivity (Wildman–Crippen MR) is 100 cm³/mol. The fourth-order valence-electron chi connectivity index (χ4n) is 2.35. The molecular weight excluding hydrogens is 339 g/mol. The van der Waals surface area contributed by atoms with Crippen LogP contribution in [0.5, 0.6) is 0 Å². The standard InChI is InChI=1S/C20H16ClFN2O/c1-13-6-9-16(12-18(13)21)24-20(25)17-4-2-3-5-19(17)23-15-10-7-14(22)8-11-15/h2-12,23H,1H3,(H,24,25). The van der Waals surface area contributed by atoms with Crippen LogP contribution in [0.15, 0.2) is 66.7 Å². The Balaban J connectivity index is 1.82. The summed E-state index contributed by atoms with van der Waals surface area (Å²) in [6, 6.07) is 18.4. The molecule has 0 atom stereocenters. The summed E-state index contributed by atoms with van der Waals surface area (Å²) >= 11 is 6.10. The molecule has 3 nitrogen and oxygen atoms in total. The Hall–Kier alpha value is -2.85. The fourth-order valence-corrected chi connectivity index (χ4v) is 2.53. The Labute approximate surface area is 150 Å². The van der Waals surface area contributed by atoms with Crippen molar-refractivity contribution in [3.63, 3.8) is 0 Å². The second-order valence-corrected chi connectivity index (χ2v) is 6.00. The second kappa shape index (κ2) is 7.36. The van der Waals surface area contributed by atoms with Crippen LogP contribution in [0, 0.1) is 12.7 Å². The van der Waals surface area contributed by atoms with Gasteiger partial charge >= 0.3 is 0 Å². The van der Waals surface area contributed by atoms with E-state index in [1.807, 2.05) is 19.1 Å². The van der Waals surface area contributed by atoms with Crippen molar-refractivity contribution >= 4 is 34.6 Å². The number of benzene rings is 3. The first-order valence-corrected chi connectivity index (χ1v) is 8.10. The van der Waals surface area contributed by atoms with E-state index in [2.05, 4.69) is 10.6 Å². The summed E-state index contributed by atoms with van der Waals surface area (Å²) in [5.41, 5.74) is 3.36. The number of carbonyl (C=O) groups excluding carboxylic acids is 1. The number of anilines is 3. The van der Waals surface area contributed by atoms with Gasteiger partial charge in [0.05, 0.1) is 11.3 Å². The number of carbonyl (C=O) groups is 1. The lowest BCUT2D eigenvalue weighted by Crippen LogP contribution is -2.13. The lowest BCUT2D eigenvalue weighted by molar-refractivity contribution is 0.102. The summed E-state index contributed by atoms with van der Waals surface area (Å²) < 4.78 is 13.0. The van der Waals surface area contributed by atoms with E-state index in [9.17, 15) is 9.18 Å². The molecule has 0 unspecified atom stereocenters. The smallest absolute Gasteiger partial charge is 0.257 e. The number of hydrogen-bond donors (Lipinski definition) is 2. The molecule has 0 saturated carbocycles. The van der Waals surface area contributed by atoms with Crippen molar-refractivity contribution in [2.24, 2.45) is 0 Å². The third kappa shape index (κ3) is 4.17. The number of aryl methyl sites for hydroxylation is 1. The minimum Gasteiger partial charge on any atom is -0.355 e. The highest BCUT2D eigenvalue weighted by Crippen LogP contribution is 2.24. The maximum atomic E-state index is 13.0. The monoisotopic (exact) mass is 354 g/mol. The minimum atomic E-state index is -0.312. The van der Waals surface area contributed by atoms with Gasteiger partial charge in [0.1, 0.15) is 5.82 Å². The zero-order valence-corrected chi connectivity index (χ0v) is 14.3. The summed E-state index contributed by atoms with van der Waals surface area (Å²) in [6.07, 6.45) is 0. The Kier molecular flexibility index (Phi) is 5.00. The molecule has 126 valence electrons. The number of halogens is 2. The molecule has 25 heavy (non-hydrogen) atoms. The zero-order chi connectivity index (χ0) is 17.8. The van der Waals surface area contributed by atoms with E-state index in [4.69, 9.17) is 11.6 Å². The molecule has 0 aliphatic heterocycles. The van der Waals surface area contributed by atoms with Gasteiger partial charge in [-0.05, 0) is 61.0 Å². The van der Waals surface area contributed by atoms with Gasteiger partial charge in [-0.25, -0.2) is 4.39 Å². The number of rotatable bonds is 4. The molecule has 3 aromatic carbocycles. The molecule has 3 aromatic rings. The van der Waals surface area contributed by atoms with Crippen LogP contribution in [0.4, 0.5) is 21.5 Å². The first-order chi connectivity index (χ1) is 12.0. The molecule has 5 heteroatoms. The lowest BCUT2D eigenvalue weighted by Gasteiger charge is -2.13. The summed E-state index contributed by atoms with van der Waals surface area (Å²) in [7, 11) is 0. The quantitative estimate of drug-likeness (QED) is 0.623. The van der Waals surface area contributed by atoms with Gasteiger partial charge in [-0.3, -0.25) is 4.79 Å². The molecule has 0 fully saturated rings. The molecule has 0 aliphatic rings. The molecule has 0 aromatic heterocycles. The van der Waals surface area contributed by atoms with Gasteiger partial charge in [0.2, 0.25) is 0 Å². The Bertz CT molecular complexity index is 910. The zero-order valence-electron chi connectivity index (χ0n) is 13.5. The van der Waals surface area contributed by atoms with Gasteiger partial charge in [0.25, 0.3) is 5.91 Å². The molecule has 0 heterocycles. The van der Waals surface area contributed by atoms with Crippen LogP contribution in [0.2, 0.25) is 5.02 Å². The van der Waals surface area contributed by atoms with Crippen molar-refractivity contribution < 1.29 is 9.18 Å². The first-order valence-electron chi connectivity index (χ1n) is 7.72. The topological polar surface area (TPSA) is 41.1 Å². The SMILES string of the molecule is Cc1ccc(NC(=O)c2ccccc2Nc2ccc(F)cc2)cc1Cl. The molecule has 2 N–H and O–H groups in total. The third-order valence-electron chi connectivity index (χ3n) is 3.72. The molecule has 0 spiro atoms. The van der Waals surface area contributed by atoms with Gasteiger partial charge in [0.15, 0.2) is 0 Å². The largest absolute Gasteiger partial charge is 0.355 e. The molecular formula is C20H16ClFN2O. The molecule has 1 amide bonds. The highest BCUT2D eigenvalue weighted by Gasteiger charge is 2.12.